The predicted octanol–water partition coefficient (Wildman–Crippen LogP) is 2.24. The molecule has 0 spiro atoms. The van der Waals surface area contributed by atoms with Crippen LogP contribution in [0.25, 0.3) is 0 Å². The Kier molecular flexibility index (Phi) is 4.56. The maximum Gasteiger partial charge on any atom is 0.253 e. The van der Waals surface area contributed by atoms with Crippen molar-refractivity contribution < 1.29 is 13.2 Å². The molecule has 1 saturated heterocycles. The van der Waals surface area contributed by atoms with E-state index >= 15 is 0 Å². The molecule has 1 atom stereocenters. The second kappa shape index (κ2) is 6.05. The van der Waals surface area contributed by atoms with Crippen molar-refractivity contribution in [3.8, 4) is 0 Å². The highest BCUT2D eigenvalue weighted by molar-refractivity contribution is 7.92. The maximum atomic E-state index is 12.5. The molecule has 1 aliphatic rings. The average molecular weight is 310 g/mol. The van der Waals surface area contributed by atoms with Gasteiger partial charge in [0, 0.05) is 18.7 Å². The first-order valence-electron chi connectivity index (χ1n) is 7.14. The van der Waals surface area contributed by atoms with Crippen molar-refractivity contribution in [2.75, 3.05) is 24.1 Å². The van der Waals surface area contributed by atoms with Crippen LogP contribution in [0, 0.1) is 12.8 Å². The largest absolute Gasteiger partial charge is 0.338 e. The van der Waals surface area contributed by atoms with E-state index in [2.05, 4.69) is 11.6 Å². The van der Waals surface area contributed by atoms with Gasteiger partial charge in [-0.05, 0) is 49.4 Å². The van der Waals surface area contributed by atoms with Gasteiger partial charge < -0.3 is 4.90 Å². The number of hydrogen-bond donors (Lipinski definition) is 1. The van der Waals surface area contributed by atoms with Crippen LogP contribution in [0.5, 0.6) is 0 Å². The molecule has 0 aromatic heterocycles. The third-order valence-corrected chi connectivity index (χ3v) is 4.30. The second-order valence-electron chi connectivity index (χ2n) is 5.90. The zero-order valence-corrected chi connectivity index (χ0v) is 13.5. The van der Waals surface area contributed by atoms with Crippen molar-refractivity contribution in [3.63, 3.8) is 0 Å². The first kappa shape index (κ1) is 15.8. The standard InChI is InChI=1S/C15H22N2O3S/c1-11-5-4-8-17(10-11)15(18)13-6-7-14(12(2)9-13)16-21(3,19)20/h6-7,9,11,16H,4-5,8,10H2,1-3H3/t11-/m0/s1. The summed E-state index contributed by atoms with van der Waals surface area (Å²) in [6, 6.07) is 5.08. The van der Waals surface area contributed by atoms with E-state index in [1.807, 2.05) is 4.90 Å². The minimum Gasteiger partial charge on any atom is -0.338 e. The number of anilines is 1. The molecule has 1 N–H and O–H groups in total. The zero-order chi connectivity index (χ0) is 15.6. The fourth-order valence-corrected chi connectivity index (χ4v) is 3.30. The molecular formula is C15H22N2O3S. The molecule has 1 aromatic rings. The summed E-state index contributed by atoms with van der Waals surface area (Å²) in [6.07, 6.45) is 3.32. The highest BCUT2D eigenvalue weighted by Gasteiger charge is 2.22. The van der Waals surface area contributed by atoms with Crippen LogP contribution >= 0.6 is 0 Å². The van der Waals surface area contributed by atoms with E-state index in [1.54, 1.807) is 25.1 Å². The van der Waals surface area contributed by atoms with Crippen LogP contribution in [0.2, 0.25) is 0 Å². The van der Waals surface area contributed by atoms with Gasteiger partial charge in [0.15, 0.2) is 0 Å². The van der Waals surface area contributed by atoms with Crippen LogP contribution < -0.4 is 4.72 Å². The Morgan fingerprint density at radius 2 is 2.10 bits per heavy atom. The molecule has 2 rings (SSSR count). The lowest BCUT2D eigenvalue weighted by molar-refractivity contribution is 0.0683. The first-order chi connectivity index (χ1) is 9.76. The maximum absolute atomic E-state index is 12.5. The molecule has 1 heterocycles. The number of benzene rings is 1. The van der Waals surface area contributed by atoms with E-state index in [1.165, 1.54) is 6.42 Å². The number of rotatable bonds is 3. The molecule has 1 aliphatic heterocycles. The van der Waals surface area contributed by atoms with Crippen molar-refractivity contribution in [3.05, 3.63) is 29.3 Å². The molecule has 5 nitrogen and oxygen atoms in total. The zero-order valence-electron chi connectivity index (χ0n) is 12.7. The number of piperidine rings is 1. The molecule has 0 bridgehead atoms. The van der Waals surface area contributed by atoms with E-state index in [-0.39, 0.29) is 5.91 Å². The summed E-state index contributed by atoms with van der Waals surface area (Å²) in [6.45, 7) is 5.54. The van der Waals surface area contributed by atoms with Crippen LogP contribution in [0.3, 0.4) is 0 Å². The third-order valence-electron chi connectivity index (χ3n) is 3.71. The first-order valence-corrected chi connectivity index (χ1v) is 9.03. The summed E-state index contributed by atoms with van der Waals surface area (Å²) in [5, 5.41) is 0. The Balaban J connectivity index is 2.17. The van der Waals surface area contributed by atoms with Gasteiger partial charge >= 0.3 is 0 Å². The van der Waals surface area contributed by atoms with Gasteiger partial charge in [0.1, 0.15) is 0 Å². The van der Waals surface area contributed by atoms with Crippen molar-refractivity contribution in [2.45, 2.75) is 26.7 Å². The molecule has 0 saturated carbocycles. The van der Waals surface area contributed by atoms with Crippen LogP contribution in [-0.2, 0) is 10.0 Å². The lowest BCUT2D eigenvalue weighted by Gasteiger charge is -2.31. The van der Waals surface area contributed by atoms with Crippen LogP contribution in [0.15, 0.2) is 18.2 Å². The summed E-state index contributed by atoms with van der Waals surface area (Å²) in [4.78, 5) is 14.4. The number of aryl methyl sites for hydroxylation is 1. The molecule has 0 aliphatic carbocycles. The van der Waals surface area contributed by atoms with Gasteiger partial charge in [-0.3, -0.25) is 9.52 Å². The lowest BCUT2D eigenvalue weighted by atomic mass is 9.99. The molecule has 1 fully saturated rings. The fourth-order valence-electron chi connectivity index (χ4n) is 2.67. The summed E-state index contributed by atoms with van der Waals surface area (Å²) >= 11 is 0. The molecule has 6 heteroatoms. The van der Waals surface area contributed by atoms with Gasteiger partial charge in [-0.25, -0.2) is 8.42 Å². The molecule has 21 heavy (non-hydrogen) atoms. The molecule has 116 valence electrons. The predicted molar refractivity (Wildman–Crippen MR) is 83.9 cm³/mol. The average Bonchev–Trinajstić information content (AvgIpc) is 2.39. The Morgan fingerprint density at radius 1 is 1.38 bits per heavy atom. The van der Waals surface area contributed by atoms with Gasteiger partial charge in [-0.2, -0.15) is 0 Å². The van der Waals surface area contributed by atoms with E-state index in [4.69, 9.17) is 0 Å². The molecule has 1 aromatic carbocycles. The van der Waals surface area contributed by atoms with E-state index in [9.17, 15) is 13.2 Å². The number of likely N-dealkylation sites (tertiary alicyclic amines) is 1. The molecule has 0 radical (unpaired) electrons. The van der Waals surface area contributed by atoms with Gasteiger partial charge in [-0.1, -0.05) is 6.92 Å². The van der Waals surface area contributed by atoms with Crippen molar-refractivity contribution in [1.29, 1.82) is 0 Å². The SMILES string of the molecule is Cc1cc(C(=O)N2CCC[C@H](C)C2)ccc1NS(C)(=O)=O. The number of carbonyl (C=O) groups is 1. The Bertz CT molecular complexity index is 640. The summed E-state index contributed by atoms with van der Waals surface area (Å²) in [5.74, 6) is 0.561. The Labute approximate surface area is 126 Å². The molecule has 0 unspecified atom stereocenters. The summed E-state index contributed by atoms with van der Waals surface area (Å²) in [7, 11) is -3.31. The highest BCUT2D eigenvalue weighted by atomic mass is 32.2. The normalized spacial score (nSPS) is 19.4. The van der Waals surface area contributed by atoms with Crippen LogP contribution in [0.4, 0.5) is 5.69 Å². The second-order valence-corrected chi connectivity index (χ2v) is 7.65. The topological polar surface area (TPSA) is 66.5 Å². The summed E-state index contributed by atoms with van der Waals surface area (Å²) < 4.78 is 25.0. The van der Waals surface area contributed by atoms with E-state index < -0.39 is 10.0 Å². The quantitative estimate of drug-likeness (QED) is 0.931. The monoisotopic (exact) mass is 310 g/mol. The minimum absolute atomic E-state index is 0.0237. The van der Waals surface area contributed by atoms with Crippen molar-refractivity contribution in [1.82, 2.24) is 4.90 Å². The number of amides is 1. The number of nitrogens with zero attached hydrogens (tertiary/aromatic N) is 1. The van der Waals surface area contributed by atoms with E-state index in [0.29, 0.717) is 17.2 Å². The molecule has 1 amide bonds. The van der Waals surface area contributed by atoms with Crippen molar-refractivity contribution in [2.24, 2.45) is 5.92 Å². The third kappa shape index (κ3) is 4.20. The lowest BCUT2D eigenvalue weighted by Crippen LogP contribution is -2.39. The number of hydrogen-bond acceptors (Lipinski definition) is 3. The number of nitrogens with one attached hydrogen (secondary N) is 1. The number of carbonyl (C=O) groups excluding carboxylic acids is 1. The fraction of sp³-hybridized carbons (Fsp3) is 0.533. The van der Waals surface area contributed by atoms with Gasteiger partial charge in [0.2, 0.25) is 10.0 Å². The Morgan fingerprint density at radius 3 is 2.67 bits per heavy atom. The number of sulfonamides is 1. The van der Waals surface area contributed by atoms with Crippen LogP contribution in [-0.4, -0.2) is 38.6 Å². The van der Waals surface area contributed by atoms with E-state index in [0.717, 1.165) is 31.3 Å². The van der Waals surface area contributed by atoms with Gasteiger partial charge in [0.05, 0.1) is 11.9 Å². The smallest absolute Gasteiger partial charge is 0.253 e. The van der Waals surface area contributed by atoms with Gasteiger partial charge in [-0.15, -0.1) is 0 Å². The minimum atomic E-state index is -3.31. The van der Waals surface area contributed by atoms with Crippen LogP contribution in [0.1, 0.15) is 35.7 Å². The molecular weight excluding hydrogens is 288 g/mol. The summed E-state index contributed by atoms with van der Waals surface area (Å²) in [5.41, 5.74) is 1.87. The van der Waals surface area contributed by atoms with Crippen molar-refractivity contribution >= 4 is 21.6 Å². The Hall–Kier alpha value is -1.56. The van der Waals surface area contributed by atoms with Gasteiger partial charge in [0.25, 0.3) is 5.91 Å². The highest BCUT2D eigenvalue weighted by Crippen LogP contribution is 2.21.